The number of thiazole rings is 1. The van der Waals surface area contributed by atoms with Crippen molar-refractivity contribution in [1.29, 1.82) is 0 Å². The maximum atomic E-state index is 14.1. The second-order valence-corrected chi connectivity index (χ2v) is 16.0. The second-order valence-electron chi connectivity index (χ2n) is 13.4. The Bertz CT molecular complexity index is 2250. The van der Waals surface area contributed by atoms with Crippen molar-refractivity contribution in [3.8, 4) is 5.75 Å². The lowest BCUT2D eigenvalue weighted by Gasteiger charge is -2.43. The number of rotatable bonds is 6. The summed E-state index contributed by atoms with van der Waals surface area (Å²) in [5.74, 6) is -1.36. The number of aromatic amines is 1. The van der Waals surface area contributed by atoms with E-state index >= 15 is 0 Å². The Kier molecular flexibility index (Phi) is 7.26. The van der Waals surface area contributed by atoms with Gasteiger partial charge >= 0.3 is 4.87 Å². The fourth-order valence-electron chi connectivity index (χ4n) is 8.81. The zero-order valence-corrected chi connectivity index (χ0v) is 28.6. The molecular weight excluding hydrogens is 678 g/mol. The molecule has 1 saturated heterocycles. The third kappa shape index (κ3) is 4.94. The van der Waals surface area contributed by atoms with Crippen molar-refractivity contribution in [2.24, 2.45) is 29.6 Å². The Balaban J connectivity index is 1.04. The van der Waals surface area contributed by atoms with Crippen LogP contribution in [0.25, 0.3) is 10.8 Å². The number of aromatic nitrogens is 1. The van der Waals surface area contributed by atoms with Gasteiger partial charge in [-0.25, -0.2) is 0 Å². The summed E-state index contributed by atoms with van der Waals surface area (Å²) in [6.45, 7) is 1.74. The van der Waals surface area contributed by atoms with E-state index in [0.717, 1.165) is 49.6 Å². The SMILES string of the molecule is Cc1ccc(N2C(=O)[C@H]3[C@H]4C[C@@H]([C@@H]3C2=O)[C@@H]2[C@H](c3cc(Cl)ccc3OCC(=O)Nc3ccc5ccccc5c3)c3sc(=O)[nH]c3S[C@H]42)cc1. The average molecular weight is 708 g/mol. The van der Waals surface area contributed by atoms with Gasteiger partial charge in [0.05, 0.1) is 22.5 Å². The Morgan fingerprint density at radius 1 is 0.939 bits per heavy atom. The van der Waals surface area contributed by atoms with Gasteiger partial charge in [-0.3, -0.25) is 24.1 Å². The van der Waals surface area contributed by atoms with Gasteiger partial charge in [0.2, 0.25) is 11.8 Å². The smallest absolute Gasteiger partial charge is 0.305 e. The third-order valence-corrected chi connectivity index (χ3v) is 13.5. The summed E-state index contributed by atoms with van der Waals surface area (Å²) in [5, 5.41) is 6.33. The van der Waals surface area contributed by atoms with E-state index in [4.69, 9.17) is 16.3 Å². The van der Waals surface area contributed by atoms with E-state index in [9.17, 15) is 19.2 Å². The maximum absolute atomic E-state index is 14.1. The van der Waals surface area contributed by atoms with Crippen molar-refractivity contribution < 1.29 is 19.1 Å². The van der Waals surface area contributed by atoms with Crippen LogP contribution in [0.2, 0.25) is 5.02 Å². The number of benzene rings is 4. The number of thioether (sulfide) groups is 1. The van der Waals surface area contributed by atoms with Gasteiger partial charge in [0.1, 0.15) is 5.75 Å². The molecule has 4 aromatic carbocycles. The van der Waals surface area contributed by atoms with E-state index in [1.54, 1.807) is 23.9 Å². The standard InChI is InChI=1S/C38H30ClN3O5S2/c1-18-6-11-23(12-7-18)42-36(44)31-25-16-26(32(31)37(42)45)33-30(25)29(34-35(48-33)41-38(46)49-34)24-15-21(39)9-13-27(24)47-17-28(43)40-22-10-8-19-4-2-3-5-20(19)14-22/h2-15,25-26,29-33H,16-17H2,1H3,(H,40,43)(H,41,46)/t25-,26-,29+,30-,31+,32+,33-/m1/s1. The molecule has 3 fully saturated rings. The summed E-state index contributed by atoms with van der Waals surface area (Å²) in [6, 6.07) is 26.6. The van der Waals surface area contributed by atoms with Gasteiger partial charge in [-0.1, -0.05) is 71.0 Å². The number of anilines is 2. The van der Waals surface area contributed by atoms with E-state index in [1.165, 1.54) is 4.90 Å². The van der Waals surface area contributed by atoms with Crippen LogP contribution in [0.3, 0.4) is 0 Å². The Labute approximate surface area is 294 Å². The average Bonchev–Trinajstić information content (AvgIpc) is 3.83. The lowest BCUT2D eigenvalue weighted by atomic mass is 9.68. The van der Waals surface area contributed by atoms with Gasteiger partial charge in [0.15, 0.2) is 6.61 Å². The summed E-state index contributed by atoms with van der Waals surface area (Å²) in [4.78, 5) is 59.2. The molecule has 11 heteroatoms. The molecule has 7 atom stereocenters. The number of H-pyrrole nitrogens is 1. The van der Waals surface area contributed by atoms with Crippen LogP contribution in [0.4, 0.5) is 11.4 Å². The molecule has 2 aliphatic heterocycles. The fourth-order valence-corrected chi connectivity index (χ4v) is 11.9. The molecule has 0 radical (unpaired) electrons. The minimum Gasteiger partial charge on any atom is -0.483 e. The third-order valence-electron chi connectivity index (χ3n) is 10.7. The van der Waals surface area contributed by atoms with Crippen molar-refractivity contribution in [2.75, 3.05) is 16.8 Å². The first-order chi connectivity index (χ1) is 23.7. The molecular formula is C38H30ClN3O5S2. The first-order valence-electron chi connectivity index (χ1n) is 16.3. The largest absolute Gasteiger partial charge is 0.483 e. The number of aryl methyl sites for hydroxylation is 1. The zero-order chi connectivity index (χ0) is 33.6. The van der Waals surface area contributed by atoms with Crippen LogP contribution >= 0.6 is 34.7 Å². The maximum Gasteiger partial charge on any atom is 0.305 e. The quantitative estimate of drug-likeness (QED) is 0.180. The van der Waals surface area contributed by atoms with Crippen molar-refractivity contribution in [1.82, 2.24) is 4.98 Å². The number of ether oxygens (including phenoxy) is 1. The number of nitrogens with zero attached hydrogens (tertiary/aromatic N) is 1. The van der Waals surface area contributed by atoms with Crippen molar-refractivity contribution >= 4 is 74.6 Å². The number of carbonyl (C=O) groups excluding carboxylic acids is 3. The predicted molar refractivity (Wildman–Crippen MR) is 192 cm³/mol. The Morgan fingerprint density at radius 3 is 2.49 bits per heavy atom. The zero-order valence-electron chi connectivity index (χ0n) is 26.2. The molecule has 3 heterocycles. The summed E-state index contributed by atoms with van der Waals surface area (Å²) in [5.41, 5.74) is 3.11. The molecule has 2 N–H and O–H groups in total. The molecule has 5 aromatic rings. The summed E-state index contributed by atoms with van der Waals surface area (Å²) in [6.07, 6.45) is 0.761. The van der Waals surface area contributed by atoms with Crippen LogP contribution in [0.15, 0.2) is 94.7 Å². The van der Waals surface area contributed by atoms with Crippen molar-refractivity contribution in [3.63, 3.8) is 0 Å². The lowest BCUT2D eigenvalue weighted by Crippen LogP contribution is -2.42. The molecule has 49 heavy (non-hydrogen) atoms. The molecule has 3 amide bonds. The highest BCUT2D eigenvalue weighted by atomic mass is 35.5. The van der Waals surface area contributed by atoms with Crippen molar-refractivity contribution in [3.05, 3.63) is 116 Å². The monoisotopic (exact) mass is 707 g/mol. The fraction of sp³-hybridized carbons (Fsp3) is 0.263. The summed E-state index contributed by atoms with van der Waals surface area (Å²) < 4.78 is 6.24. The van der Waals surface area contributed by atoms with Crippen molar-refractivity contribution in [2.45, 2.75) is 29.5 Å². The molecule has 0 unspecified atom stereocenters. The van der Waals surface area contributed by atoms with Gasteiger partial charge in [0.25, 0.3) is 5.91 Å². The van der Waals surface area contributed by atoms with E-state index < -0.39 is 11.8 Å². The number of imide groups is 1. The number of amides is 3. The van der Waals surface area contributed by atoms with Gasteiger partial charge in [-0.15, -0.1) is 11.8 Å². The van der Waals surface area contributed by atoms with E-state index in [0.29, 0.717) is 22.1 Å². The van der Waals surface area contributed by atoms with E-state index in [-0.39, 0.29) is 58.1 Å². The number of fused-ring (bicyclic) bond motifs is 10. The molecule has 246 valence electrons. The van der Waals surface area contributed by atoms with Crippen LogP contribution in [-0.2, 0) is 14.4 Å². The molecule has 2 bridgehead atoms. The minimum absolute atomic E-state index is 0.00625. The highest BCUT2D eigenvalue weighted by Gasteiger charge is 2.69. The van der Waals surface area contributed by atoms with Crippen LogP contribution in [-0.4, -0.2) is 34.6 Å². The Hall–Kier alpha value is -4.38. The van der Waals surface area contributed by atoms with Gasteiger partial charge < -0.3 is 15.0 Å². The number of nitrogens with one attached hydrogen (secondary N) is 2. The number of carbonyl (C=O) groups is 3. The predicted octanol–water partition coefficient (Wildman–Crippen LogP) is 7.25. The first-order valence-corrected chi connectivity index (χ1v) is 18.4. The topological polar surface area (TPSA) is 109 Å². The van der Waals surface area contributed by atoms with Crippen LogP contribution < -0.4 is 19.8 Å². The van der Waals surface area contributed by atoms with Crippen LogP contribution in [0.5, 0.6) is 5.75 Å². The van der Waals surface area contributed by atoms with Crippen LogP contribution in [0, 0.1) is 36.5 Å². The Morgan fingerprint density at radius 2 is 1.69 bits per heavy atom. The molecule has 0 spiro atoms. The van der Waals surface area contributed by atoms with Crippen LogP contribution in [0.1, 0.15) is 28.3 Å². The summed E-state index contributed by atoms with van der Waals surface area (Å²) in [7, 11) is 0. The molecule has 1 aromatic heterocycles. The highest BCUT2D eigenvalue weighted by Crippen LogP contribution is 2.69. The molecule has 8 nitrogen and oxygen atoms in total. The normalized spacial score (nSPS) is 26.5. The van der Waals surface area contributed by atoms with E-state index in [2.05, 4.69) is 10.3 Å². The minimum atomic E-state index is -0.434. The van der Waals surface area contributed by atoms with Gasteiger partial charge in [-0.05, 0) is 84.3 Å². The summed E-state index contributed by atoms with van der Waals surface area (Å²) >= 11 is 9.42. The number of hydrogen-bond acceptors (Lipinski definition) is 7. The van der Waals surface area contributed by atoms with Gasteiger partial charge in [-0.2, -0.15) is 0 Å². The number of hydrogen-bond donors (Lipinski definition) is 2. The van der Waals surface area contributed by atoms with E-state index in [1.807, 2.05) is 79.7 Å². The molecule has 2 aliphatic carbocycles. The first kappa shape index (κ1) is 30.7. The molecule has 9 rings (SSSR count). The lowest BCUT2D eigenvalue weighted by molar-refractivity contribution is -0.123. The van der Waals surface area contributed by atoms with Gasteiger partial charge in [0, 0.05) is 32.3 Å². The number of halogens is 1. The second kappa shape index (κ2) is 11.6. The highest BCUT2D eigenvalue weighted by molar-refractivity contribution is 8.00. The molecule has 4 aliphatic rings. The molecule has 2 saturated carbocycles.